The van der Waals surface area contributed by atoms with Crippen LogP contribution in [0.3, 0.4) is 0 Å². The Labute approximate surface area is 131 Å². The predicted molar refractivity (Wildman–Crippen MR) is 94.7 cm³/mol. The lowest BCUT2D eigenvalue weighted by Gasteiger charge is -2.09. The molecule has 0 aliphatic carbocycles. The molecular weight excluding hydrogens is 347 g/mol. The molecule has 0 fully saturated rings. The highest BCUT2D eigenvalue weighted by Gasteiger charge is 1.98. The number of nitrogens with one attached hydrogen (secondary N) is 1. The van der Waals surface area contributed by atoms with Crippen molar-refractivity contribution in [3.8, 4) is 0 Å². The van der Waals surface area contributed by atoms with Gasteiger partial charge in [0.25, 0.3) is 0 Å². The molecule has 0 aliphatic rings. The minimum Gasteiger partial charge on any atom is -0.397 e. The average Bonchev–Trinajstić information content (AvgIpc) is 2.39. The van der Waals surface area contributed by atoms with Crippen LogP contribution in [0.15, 0.2) is 18.2 Å². The molecule has 0 aliphatic heterocycles. The maximum atomic E-state index is 5.96. The lowest BCUT2D eigenvalue weighted by Crippen LogP contribution is -2.04. The molecule has 0 heterocycles. The predicted octanol–water partition coefficient (Wildman–Crippen LogP) is 5.43. The van der Waals surface area contributed by atoms with Crippen LogP contribution in [0.25, 0.3) is 0 Å². The molecule has 0 saturated carbocycles. The number of nitrogen functional groups attached to an aromatic ring is 1. The van der Waals surface area contributed by atoms with Gasteiger partial charge in [-0.1, -0.05) is 51.9 Å². The van der Waals surface area contributed by atoms with E-state index in [0.717, 1.165) is 17.9 Å². The van der Waals surface area contributed by atoms with E-state index in [1.807, 2.05) is 6.07 Å². The zero-order chi connectivity index (χ0) is 13.9. The lowest BCUT2D eigenvalue weighted by molar-refractivity contribution is 0.581. The van der Waals surface area contributed by atoms with Crippen LogP contribution in [0.1, 0.15) is 58.3 Å². The van der Waals surface area contributed by atoms with Gasteiger partial charge in [-0.15, -0.1) is 0 Å². The number of anilines is 2. The highest BCUT2D eigenvalue weighted by molar-refractivity contribution is 14.1. The van der Waals surface area contributed by atoms with Crippen molar-refractivity contribution in [2.75, 3.05) is 17.6 Å². The third-order valence-electron chi connectivity index (χ3n) is 3.36. The standard InChI is InChI=1S/C16H27IN2/c1-2-3-4-5-6-7-8-9-12-19-16-11-10-14(17)13-15(16)18/h10-11,13,19H,2-9,12,18H2,1H3. The first-order valence-corrected chi connectivity index (χ1v) is 8.61. The topological polar surface area (TPSA) is 38.0 Å². The van der Waals surface area contributed by atoms with Crippen molar-refractivity contribution < 1.29 is 0 Å². The Morgan fingerprint density at radius 3 is 2.26 bits per heavy atom. The van der Waals surface area contributed by atoms with Gasteiger partial charge in [0, 0.05) is 10.1 Å². The zero-order valence-corrected chi connectivity index (χ0v) is 14.2. The van der Waals surface area contributed by atoms with Crippen molar-refractivity contribution in [1.29, 1.82) is 0 Å². The summed E-state index contributed by atoms with van der Waals surface area (Å²) in [7, 11) is 0. The van der Waals surface area contributed by atoms with E-state index in [9.17, 15) is 0 Å². The third-order valence-corrected chi connectivity index (χ3v) is 4.03. The summed E-state index contributed by atoms with van der Waals surface area (Å²) in [5, 5.41) is 3.42. The summed E-state index contributed by atoms with van der Waals surface area (Å²) in [4.78, 5) is 0. The monoisotopic (exact) mass is 374 g/mol. The summed E-state index contributed by atoms with van der Waals surface area (Å²) < 4.78 is 1.19. The number of hydrogen-bond donors (Lipinski definition) is 2. The van der Waals surface area contributed by atoms with Gasteiger partial charge in [-0.3, -0.25) is 0 Å². The molecule has 0 bridgehead atoms. The summed E-state index contributed by atoms with van der Waals surface area (Å²) in [6.45, 7) is 3.29. The van der Waals surface area contributed by atoms with Crippen molar-refractivity contribution >= 4 is 34.0 Å². The minimum atomic E-state index is 0.853. The Morgan fingerprint density at radius 2 is 1.63 bits per heavy atom. The zero-order valence-electron chi connectivity index (χ0n) is 12.1. The fourth-order valence-corrected chi connectivity index (χ4v) is 2.69. The highest BCUT2D eigenvalue weighted by atomic mass is 127. The SMILES string of the molecule is CCCCCCCCCCNc1ccc(I)cc1N. The normalized spacial score (nSPS) is 10.6. The number of hydrogen-bond acceptors (Lipinski definition) is 2. The molecule has 1 aromatic carbocycles. The molecule has 0 saturated heterocycles. The number of halogens is 1. The molecular formula is C16H27IN2. The van der Waals surface area contributed by atoms with Crippen LogP contribution in [0.5, 0.6) is 0 Å². The minimum absolute atomic E-state index is 0.853. The third kappa shape index (κ3) is 7.65. The second-order valence-corrected chi connectivity index (χ2v) is 6.38. The summed E-state index contributed by atoms with van der Waals surface area (Å²) in [5.74, 6) is 0. The Hall–Kier alpha value is -0.450. The van der Waals surface area contributed by atoms with E-state index >= 15 is 0 Å². The van der Waals surface area contributed by atoms with Gasteiger partial charge in [0.15, 0.2) is 0 Å². The lowest BCUT2D eigenvalue weighted by atomic mass is 10.1. The van der Waals surface area contributed by atoms with E-state index in [0.29, 0.717) is 0 Å². The smallest absolute Gasteiger partial charge is 0.0574 e. The van der Waals surface area contributed by atoms with Crippen LogP contribution in [0.2, 0.25) is 0 Å². The molecule has 0 spiro atoms. The maximum Gasteiger partial charge on any atom is 0.0574 e. The molecule has 1 rings (SSSR count). The highest BCUT2D eigenvalue weighted by Crippen LogP contribution is 2.20. The van der Waals surface area contributed by atoms with Crippen molar-refractivity contribution in [3.63, 3.8) is 0 Å². The number of unbranched alkanes of at least 4 members (excludes halogenated alkanes) is 7. The van der Waals surface area contributed by atoms with Gasteiger partial charge >= 0.3 is 0 Å². The molecule has 0 aromatic heterocycles. The van der Waals surface area contributed by atoms with Crippen LogP contribution < -0.4 is 11.1 Å². The van der Waals surface area contributed by atoms with E-state index in [2.05, 4.69) is 47.0 Å². The molecule has 0 radical (unpaired) electrons. The second kappa shape index (κ2) is 10.4. The first-order chi connectivity index (χ1) is 9.24. The second-order valence-electron chi connectivity index (χ2n) is 5.13. The number of nitrogens with two attached hydrogens (primary N) is 1. The fourth-order valence-electron chi connectivity index (χ4n) is 2.18. The number of benzene rings is 1. The Balaban J connectivity index is 2.01. The van der Waals surface area contributed by atoms with Gasteiger partial charge in [0.05, 0.1) is 11.4 Å². The summed E-state index contributed by atoms with van der Waals surface area (Å²) >= 11 is 2.28. The quantitative estimate of drug-likeness (QED) is 0.326. The maximum absolute atomic E-state index is 5.96. The van der Waals surface area contributed by atoms with Gasteiger partial charge < -0.3 is 11.1 Å². The van der Waals surface area contributed by atoms with E-state index in [1.54, 1.807) is 0 Å². The van der Waals surface area contributed by atoms with Gasteiger partial charge in [0.2, 0.25) is 0 Å². The van der Waals surface area contributed by atoms with Crippen molar-refractivity contribution in [3.05, 3.63) is 21.8 Å². The Bertz CT molecular complexity index is 353. The van der Waals surface area contributed by atoms with E-state index in [-0.39, 0.29) is 0 Å². The van der Waals surface area contributed by atoms with Crippen LogP contribution in [0, 0.1) is 3.57 Å². The van der Waals surface area contributed by atoms with Crippen molar-refractivity contribution in [2.24, 2.45) is 0 Å². The molecule has 1 aromatic rings. The first-order valence-electron chi connectivity index (χ1n) is 7.53. The largest absolute Gasteiger partial charge is 0.397 e. The average molecular weight is 374 g/mol. The first kappa shape index (κ1) is 16.6. The Morgan fingerprint density at radius 1 is 1.00 bits per heavy atom. The van der Waals surface area contributed by atoms with E-state index < -0.39 is 0 Å². The summed E-state index contributed by atoms with van der Waals surface area (Å²) in [5.41, 5.74) is 7.89. The van der Waals surface area contributed by atoms with Gasteiger partial charge in [0.1, 0.15) is 0 Å². The summed E-state index contributed by atoms with van der Waals surface area (Å²) in [6, 6.07) is 6.17. The molecule has 0 unspecified atom stereocenters. The van der Waals surface area contributed by atoms with E-state index in [1.165, 1.54) is 54.9 Å². The van der Waals surface area contributed by atoms with Crippen molar-refractivity contribution in [1.82, 2.24) is 0 Å². The van der Waals surface area contributed by atoms with E-state index in [4.69, 9.17) is 5.73 Å². The molecule has 3 N–H and O–H groups in total. The molecule has 19 heavy (non-hydrogen) atoms. The van der Waals surface area contributed by atoms with Crippen LogP contribution in [-0.2, 0) is 0 Å². The fraction of sp³-hybridized carbons (Fsp3) is 0.625. The molecule has 0 atom stereocenters. The van der Waals surface area contributed by atoms with Crippen LogP contribution in [-0.4, -0.2) is 6.54 Å². The van der Waals surface area contributed by atoms with Gasteiger partial charge in [-0.25, -0.2) is 0 Å². The Kier molecular flexibility index (Phi) is 9.05. The van der Waals surface area contributed by atoms with Gasteiger partial charge in [-0.05, 0) is 47.2 Å². The van der Waals surface area contributed by atoms with Crippen LogP contribution in [0.4, 0.5) is 11.4 Å². The molecule has 108 valence electrons. The molecule has 3 heteroatoms. The molecule has 0 amide bonds. The number of rotatable bonds is 10. The van der Waals surface area contributed by atoms with Crippen molar-refractivity contribution in [2.45, 2.75) is 58.3 Å². The van der Waals surface area contributed by atoms with Crippen LogP contribution >= 0.6 is 22.6 Å². The molecule has 2 nitrogen and oxygen atoms in total. The van der Waals surface area contributed by atoms with Gasteiger partial charge in [-0.2, -0.15) is 0 Å². The summed E-state index contributed by atoms with van der Waals surface area (Å²) in [6.07, 6.45) is 10.9.